The molecule has 0 bridgehead atoms. The van der Waals surface area contributed by atoms with Crippen LogP contribution in [-0.4, -0.2) is 20.9 Å². The summed E-state index contributed by atoms with van der Waals surface area (Å²) in [5, 5.41) is 13.3. The van der Waals surface area contributed by atoms with Crippen LogP contribution in [0.3, 0.4) is 0 Å². The number of carboxylic acids is 1. The molecule has 0 amide bonds. The fourth-order valence-electron chi connectivity index (χ4n) is 2.17. The molecule has 104 valence electrons. The molecule has 0 saturated heterocycles. The monoisotopic (exact) mass is 270 g/mol. The minimum atomic E-state index is -0.824. The number of aryl methyl sites for hydroxylation is 1. The summed E-state index contributed by atoms with van der Waals surface area (Å²) >= 11 is 0. The zero-order valence-corrected chi connectivity index (χ0v) is 11.7. The van der Waals surface area contributed by atoms with Crippen molar-refractivity contribution in [1.29, 1.82) is 0 Å². The average Bonchev–Trinajstić information content (AvgIpc) is 2.67. The van der Waals surface area contributed by atoms with E-state index in [2.05, 4.69) is 5.10 Å². The largest absolute Gasteiger partial charge is 0.481 e. The van der Waals surface area contributed by atoms with E-state index in [1.54, 1.807) is 0 Å². The Morgan fingerprint density at radius 3 is 2.65 bits per heavy atom. The Bertz CT molecular complexity index is 627. The maximum absolute atomic E-state index is 10.8. The van der Waals surface area contributed by atoms with Gasteiger partial charge in [0, 0.05) is 11.3 Å². The molecule has 1 heterocycles. The zero-order chi connectivity index (χ0) is 14.5. The van der Waals surface area contributed by atoms with Gasteiger partial charge in [-0.15, -0.1) is 0 Å². The van der Waals surface area contributed by atoms with Crippen molar-refractivity contribution in [1.82, 2.24) is 9.78 Å². The summed E-state index contributed by atoms with van der Waals surface area (Å²) in [6, 6.07) is 10.0. The highest BCUT2D eigenvalue weighted by Gasteiger charge is 2.13. The quantitative estimate of drug-likeness (QED) is 0.909. The number of rotatable bonds is 5. The number of hydrogen-bond donors (Lipinski definition) is 1. The Morgan fingerprint density at radius 2 is 2.00 bits per heavy atom. The first-order valence-corrected chi connectivity index (χ1v) is 6.54. The molecule has 1 N–H and O–H groups in total. The van der Waals surface area contributed by atoms with Gasteiger partial charge in [-0.2, -0.15) is 5.10 Å². The second kappa shape index (κ2) is 6.19. The molecule has 1 aromatic carbocycles. The van der Waals surface area contributed by atoms with E-state index in [-0.39, 0.29) is 6.42 Å². The predicted octanol–water partition coefficient (Wildman–Crippen LogP) is 2.84. The topological polar surface area (TPSA) is 55.1 Å². The van der Waals surface area contributed by atoms with E-state index in [1.807, 2.05) is 61.0 Å². The molecular weight excluding hydrogens is 252 g/mol. The van der Waals surface area contributed by atoms with Crippen molar-refractivity contribution < 1.29 is 9.90 Å². The van der Waals surface area contributed by atoms with Crippen LogP contribution in [0.5, 0.6) is 0 Å². The molecule has 0 fully saturated rings. The van der Waals surface area contributed by atoms with Crippen molar-refractivity contribution in [3.63, 3.8) is 0 Å². The number of allylic oxidation sites excluding steroid dienone is 1. The van der Waals surface area contributed by atoms with Crippen LogP contribution in [0.25, 0.3) is 6.08 Å². The third-order valence-corrected chi connectivity index (χ3v) is 3.25. The standard InChI is InChI=1S/C16H18N2O2/c1-12-15(11-16(19)20)13(2)18(17-12)10-6-9-14-7-4-3-5-8-14/h3-9H,10-11H2,1-2H3,(H,19,20)/b9-6+. The third kappa shape index (κ3) is 3.35. The molecule has 0 unspecified atom stereocenters. The molecule has 2 rings (SSSR count). The minimum Gasteiger partial charge on any atom is -0.481 e. The van der Waals surface area contributed by atoms with Gasteiger partial charge in [-0.25, -0.2) is 0 Å². The van der Waals surface area contributed by atoms with Gasteiger partial charge < -0.3 is 5.11 Å². The molecule has 0 aliphatic heterocycles. The van der Waals surface area contributed by atoms with Crippen LogP contribution < -0.4 is 0 Å². The first-order valence-electron chi connectivity index (χ1n) is 6.54. The molecule has 2 aromatic rings. The number of hydrogen-bond acceptors (Lipinski definition) is 2. The van der Waals surface area contributed by atoms with Gasteiger partial charge in [0.2, 0.25) is 0 Å². The van der Waals surface area contributed by atoms with Gasteiger partial charge in [-0.3, -0.25) is 9.48 Å². The lowest BCUT2D eigenvalue weighted by atomic mass is 10.1. The molecule has 0 saturated carbocycles. The Balaban J connectivity index is 2.11. The van der Waals surface area contributed by atoms with Crippen molar-refractivity contribution in [3.05, 3.63) is 58.9 Å². The smallest absolute Gasteiger partial charge is 0.307 e. The molecular formula is C16H18N2O2. The molecule has 0 aliphatic carbocycles. The molecule has 4 nitrogen and oxygen atoms in total. The highest BCUT2D eigenvalue weighted by Crippen LogP contribution is 2.14. The van der Waals surface area contributed by atoms with Crippen LogP contribution in [-0.2, 0) is 17.8 Å². The first kappa shape index (κ1) is 14.1. The van der Waals surface area contributed by atoms with E-state index in [0.717, 1.165) is 22.5 Å². The Morgan fingerprint density at radius 1 is 1.30 bits per heavy atom. The number of benzene rings is 1. The summed E-state index contributed by atoms with van der Waals surface area (Å²) in [5.74, 6) is -0.824. The highest BCUT2D eigenvalue weighted by molar-refractivity contribution is 5.70. The Hall–Kier alpha value is -2.36. The van der Waals surface area contributed by atoms with Crippen LogP contribution in [0.1, 0.15) is 22.5 Å². The number of aliphatic carboxylic acids is 1. The van der Waals surface area contributed by atoms with E-state index < -0.39 is 5.97 Å². The Labute approximate surface area is 118 Å². The molecule has 20 heavy (non-hydrogen) atoms. The summed E-state index contributed by atoms with van der Waals surface area (Å²) in [4.78, 5) is 10.8. The summed E-state index contributed by atoms with van der Waals surface area (Å²) in [7, 11) is 0. The summed E-state index contributed by atoms with van der Waals surface area (Å²) in [6.45, 7) is 4.40. The van der Waals surface area contributed by atoms with Crippen LogP contribution >= 0.6 is 0 Å². The lowest BCUT2D eigenvalue weighted by Gasteiger charge is -2.01. The maximum atomic E-state index is 10.8. The highest BCUT2D eigenvalue weighted by atomic mass is 16.4. The normalized spacial score (nSPS) is 11.1. The number of carbonyl (C=O) groups is 1. The van der Waals surface area contributed by atoms with Crippen LogP contribution in [0.15, 0.2) is 36.4 Å². The molecule has 0 aliphatic rings. The molecule has 0 spiro atoms. The Kier molecular flexibility index (Phi) is 4.35. The van der Waals surface area contributed by atoms with Crippen molar-refractivity contribution >= 4 is 12.0 Å². The van der Waals surface area contributed by atoms with E-state index in [4.69, 9.17) is 5.11 Å². The first-order chi connectivity index (χ1) is 9.58. The molecule has 4 heteroatoms. The van der Waals surface area contributed by atoms with Gasteiger partial charge >= 0.3 is 5.97 Å². The summed E-state index contributed by atoms with van der Waals surface area (Å²) in [5.41, 5.74) is 3.66. The second-order valence-corrected chi connectivity index (χ2v) is 4.72. The fraction of sp³-hybridized carbons (Fsp3) is 0.250. The second-order valence-electron chi connectivity index (χ2n) is 4.72. The van der Waals surface area contributed by atoms with Gasteiger partial charge in [-0.1, -0.05) is 42.5 Å². The van der Waals surface area contributed by atoms with E-state index >= 15 is 0 Å². The molecule has 0 atom stereocenters. The molecule has 0 radical (unpaired) electrons. The summed E-state index contributed by atoms with van der Waals surface area (Å²) < 4.78 is 1.84. The number of aromatic nitrogens is 2. The van der Waals surface area contributed by atoms with Gasteiger partial charge in [-0.05, 0) is 19.4 Å². The molecule has 1 aromatic heterocycles. The summed E-state index contributed by atoms with van der Waals surface area (Å²) in [6.07, 6.45) is 4.09. The van der Waals surface area contributed by atoms with Crippen LogP contribution in [0.4, 0.5) is 0 Å². The lowest BCUT2D eigenvalue weighted by Crippen LogP contribution is -2.04. The van der Waals surface area contributed by atoms with Crippen molar-refractivity contribution in [2.24, 2.45) is 0 Å². The predicted molar refractivity (Wildman–Crippen MR) is 78.5 cm³/mol. The maximum Gasteiger partial charge on any atom is 0.307 e. The van der Waals surface area contributed by atoms with Crippen molar-refractivity contribution in [3.8, 4) is 0 Å². The minimum absolute atomic E-state index is 0.0278. The third-order valence-electron chi connectivity index (χ3n) is 3.25. The van der Waals surface area contributed by atoms with E-state index in [9.17, 15) is 4.79 Å². The van der Waals surface area contributed by atoms with Crippen LogP contribution in [0, 0.1) is 13.8 Å². The SMILES string of the molecule is Cc1nn(C/C=C/c2ccccc2)c(C)c1CC(=O)O. The fourth-order valence-corrected chi connectivity index (χ4v) is 2.17. The van der Waals surface area contributed by atoms with E-state index in [1.165, 1.54) is 0 Å². The van der Waals surface area contributed by atoms with Crippen molar-refractivity contribution in [2.45, 2.75) is 26.8 Å². The zero-order valence-electron chi connectivity index (χ0n) is 11.7. The van der Waals surface area contributed by atoms with E-state index in [0.29, 0.717) is 6.54 Å². The number of nitrogens with zero attached hydrogens (tertiary/aromatic N) is 2. The van der Waals surface area contributed by atoms with Crippen molar-refractivity contribution in [2.75, 3.05) is 0 Å². The van der Waals surface area contributed by atoms with Gasteiger partial charge in [0.25, 0.3) is 0 Å². The van der Waals surface area contributed by atoms with Gasteiger partial charge in [0.15, 0.2) is 0 Å². The van der Waals surface area contributed by atoms with Gasteiger partial charge in [0.05, 0.1) is 18.7 Å². The average molecular weight is 270 g/mol. The number of carboxylic acid groups (broad SMARTS) is 1. The lowest BCUT2D eigenvalue weighted by molar-refractivity contribution is -0.136. The van der Waals surface area contributed by atoms with Crippen LogP contribution in [0.2, 0.25) is 0 Å². The van der Waals surface area contributed by atoms with Gasteiger partial charge in [0.1, 0.15) is 0 Å².